The van der Waals surface area contributed by atoms with Gasteiger partial charge >= 0.3 is 0 Å². The van der Waals surface area contributed by atoms with E-state index in [-0.39, 0.29) is 0 Å². The number of ether oxygens (including phenoxy) is 1. The normalized spacial score (nSPS) is 16.7. The first-order valence-electron chi connectivity index (χ1n) is 8.27. The van der Waals surface area contributed by atoms with Crippen molar-refractivity contribution in [1.82, 2.24) is 14.9 Å². The second-order valence-electron chi connectivity index (χ2n) is 5.83. The molecule has 0 bridgehead atoms. The summed E-state index contributed by atoms with van der Waals surface area (Å²) in [6, 6.07) is 12.8. The van der Waals surface area contributed by atoms with Crippen LogP contribution in [0.4, 0.5) is 5.95 Å². The zero-order chi connectivity index (χ0) is 15.9. The van der Waals surface area contributed by atoms with Crippen molar-refractivity contribution in [2.24, 2.45) is 0 Å². The molecule has 1 aliphatic rings. The van der Waals surface area contributed by atoms with E-state index in [1.807, 2.05) is 0 Å². The fourth-order valence-electron chi connectivity index (χ4n) is 3.09. The first-order chi connectivity index (χ1) is 11.4. The lowest BCUT2D eigenvalue weighted by atomic mass is 10.0. The van der Waals surface area contributed by atoms with Gasteiger partial charge in [0.25, 0.3) is 0 Å². The van der Waals surface area contributed by atoms with E-state index in [0.29, 0.717) is 17.9 Å². The molecule has 1 atom stereocenters. The highest BCUT2D eigenvalue weighted by molar-refractivity contribution is 5.29. The average Bonchev–Trinajstić information content (AvgIpc) is 2.64. The molecule has 2 heterocycles. The molecule has 122 valence electrons. The summed E-state index contributed by atoms with van der Waals surface area (Å²) in [5.41, 5.74) is 1.34. The Morgan fingerprint density at radius 3 is 2.65 bits per heavy atom. The molecule has 0 amide bonds. The number of likely N-dealkylation sites (tertiary alicyclic amines) is 1. The lowest BCUT2D eigenvalue weighted by Crippen LogP contribution is -2.37. The molecule has 3 rings (SSSR count). The predicted molar refractivity (Wildman–Crippen MR) is 91.7 cm³/mol. The standard InChI is InChI=1S/C18H24N4O/c1-23-17-10-11-19-18(21-17)20-14-16(15-8-4-2-5-9-15)22-12-6-3-7-13-22/h2,4-5,8-11,16H,3,6-7,12-14H2,1H3,(H,19,20,21). The summed E-state index contributed by atoms with van der Waals surface area (Å²) in [5.74, 6) is 1.19. The number of rotatable bonds is 6. The summed E-state index contributed by atoms with van der Waals surface area (Å²) in [5, 5.41) is 3.37. The molecule has 23 heavy (non-hydrogen) atoms. The Kier molecular flexibility index (Phi) is 5.42. The van der Waals surface area contributed by atoms with Gasteiger partial charge in [-0.2, -0.15) is 4.98 Å². The lowest BCUT2D eigenvalue weighted by Gasteiger charge is -2.35. The molecule has 0 spiro atoms. The van der Waals surface area contributed by atoms with Gasteiger partial charge in [-0.25, -0.2) is 4.98 Å². The fraction of sp³-hybridized carbons (Fsp3) is 0.444. The molecular weight excluding hydrogens is 288 g/mol. The van der Waals surface area contributed by atoms with Gasteiger partial charge in [-0.15, -0.1) is 0 Å². The highest BCUT2D eigenvalue weighted by atomic mass is 16.5. The van der Waals surface area contributed by atoms with Crippen LogP contribution in [0.15, 0.2) is 42.6 Å². The van der Waals surface area contributed by atoms with Crippen molar-refractivity contribution < 1.29 is 4.74 Å². The van der Waals surface area contributed by atoms with Gasteiger partial charge in [0.15, 0.2) is 0 Å². The van der Waals surface area contributed by atoms with Crippen molar-refractivity contribution in [2.75, 3.05) is 32.1 Å². The van der Waals surface area contributed by atoms with E-state index in [1.165, 1.54) is 24.8 Å². The van der Waals surface area contributed by atoms with Crippen LogP contribution in [0.1, 0.15) is 30.9 Å². The van der Waals surface area contributed by atoms with Crippen LogP contribution in [0.2, 0.25) is 0 Å². The van der Waals surface area contributed by atoms with Gasteiger partial charge in [-0.1, -0.05) is 36.8 Å². The van der Waals surface area contributed by atoms with E-state index < -0.39 is 0 Å². The maximum atomic E-state index is 5.16. The van der Waals surface area contributed by atoms with E-state index in [2.05, 4.69) is 50.5 Å². The number of hydrogen-bond donors (Lipinski definition) is 1. The minimum Gasteiger partial charge on any atom is -0.481 e. The molecule has 0 aliphatic carbocycles. The number of anilines is 1. The zero-order valence-electron chi connectivity index (χ0n) is 13.6. The molecule has 1 unspecified atom stereocenters. The van der Waals surface area contributed by atoms with Crippen LogP contribution in [-0.2, 0) is 0 Å². The minimum atomic E-state index is 0.339. The van der Waals surface area contributed by atoms with E-state index in [0.717, 1.165) is 19.6 Å². The maximum absolute atomic E-state index is 5.16. The van der Waals surface area contributed by atoms with Crippen molar-refractivity contribution in [1.29, 1.82) is 0 Å². The summed E-state index contributed by atoms with van der Waals surface area (Å²) >= 11 is 0. The van der Waals surface area contributed by atoms with Gasteiger partial charge in [-0.3, -0.25) is 4.90 Å². The Morgan fingerprint density at radius 1 is 1.13 bits per heavy atom. The van der Waals surface area contributed by atoms with Gasteiger partial charge in [0, 0.05) is 18.8 Å². The molecule has 1 aromatic heterocycles. The Labute approximate surface area is 137 Å². The van der Waals surface area contributed by atoms with Crippen LogP contribution in [0.5, 0.6) is 5.88 Å². The highest BCUT2D eigenvalue weighted by Gasteiger charge is 2.22. The quantitative estimate of drug-likeness (QED) is 0.888. The van der Waals surface area contributed by atoms with Crippen molar-refractivity contribution in [3.63, 3.8) is 0 Å². The van der Waals surface area contributed by atoms with Gasteiger partial charge in [0.2, 0.25) is 11.8 Å². The second-order valence-corrected chi connectivity index (χ2v) is 5.83. The first kappa shape index (κ1) is 15.7. The Balaban J connectivity index is 1.72. The van der Waals surface area contributed by atoms with Crippen molar-refractivity contribution in [3.8, 4) is 5.88 Å². The van der Waals surface area contributed by atoms with Crippen LogP contribution in [0, 0.1) is 0 Å². The Hall–Kier alpha value is -2.14. The number of nitrogens with zero attached hydrogens (tertiary/aromatic N) is 3. The largest absolute Gasteiger partial charge is 0.481 e. The third-order valence-electron chi connectivity index (χ3n) is 4.31. The molecule has 5 heteroatoms. The molecule has 1 N–H and O–H groups in total. The summed E-state index contributed by atoms with van der Waals surface area (Å²) in [4.78, 5) is 11.2. The van der Waals surface area contributed by atoms with E-state index in [4.69, 9.17) is 4.74 Å². The minimum absolute atomic E-state index is 0.339. The summed E-state index contributed by atoms with van der Waals surface area (Å²) in [6.45, 7) is 3.09. The second kappa shape index (κ2) is 7.92. The van der Waals surface area contributed by atoms with Crippen molar-refractivity contribution in [3.05, 3.63) is 48.2 Å². The fourth-order valence-corrected chi connectivity index (χ4v) is 3.09. The SMILES string of the molecule is COc1ccnc(NCC(c2ccccc2)N2CCCCC2)n1. The monoisotopic (exact) mass is 312 g/mol. The summed E-state index contributed by atoms with van der Waals surface area (Å²) in [7, 11) is 1.62. The molecule has 1 saturated heterocycles. The zero-order valence-corrected chi connectivity index (χ0v) is 13.6. The summed E-state index contributed by atoms with van der Waals surface area (Å²) in [6.07, 6.45) is 5.61. The topological polar surface area (TPSA) is 50.3 Å². The van der Waals surface area contributed by atoms with E-state index in [1.54, 1.807) is 19.4 Å². The van der Waals surface area contributed by atoms with Crippen molar-refractivity contribution >= 4 is 5.95 Å². The molecule has 1 fully saturated rings. The van der Waals surface area contributed by atoms with Crippen LogP contribution in [-0.4, -0.2) is 41.6 Å². The number of piperidine rings is 1. The maximum Gasteiger partial charge on any atom is 0.226 e. The third kappa shape index (κ3) is 4.20. The van der Waals surface area contributed by atoms with Crippen molar-refractivity contribution in [2.45, 2.75) is 25.3 Å². The lowest BCUT2D eigenvalue weighted by molar-refractivity contribution is 0.170. The van der Waals surface area contributed by atoms with Crippen LogP contribution >= 0.6 is 0 Å². The molecule has 0 radical (unpaired) electrons. The Bertz CT molecular complexity index is 599. The van der Waals surface area contributed by atoms with Gasteiger partial charge in [-0.05, 0) is 31.5 Å². The van der Waals surface area contributed by atoms with E-state index >= 15 is 0 Å². The Morgan fingerprint density at radius 2 is 1.91 bits per heavy atom. The highest BCUT2D eigenvalue weighted by Crippen LogP contribution is 2.25. The number of hydrogen-bond acceptors (Lipinski definition) is 5. The molecular formula is C18H24N4O. The number of aromatic nitrogens is 2. The van der Waals surface area contributed by atoms with Crippen LogP contribution < -0.4 is 10.1 Å². The number of nitrogens with one attached hydrogen (secondary N) is 1. The van der Waals surface area contributed by atoms with Crippen LogP contribution in [0.3, 0.4) is 0 Å². The van der Waals surface area contributed by atoms with Gasteiger partial charge < -0.3 is 10.1 Å². The smallest absolute Gasteiger partial charge is 0.226 e. The summed E-state index contributed by atoms with van der Waals surface area (Å²) < 4.78 is 5.16. The number of benzene rings is 1. The predicted octanol–water partition coefficient (Wildman–Crippen LogP) is 3.12. The molecule has 1 aromatic carbocycles. The van der Waals surface area contributed by atoms with Crippen LogP contribution in [0.25, 0.3) is 0 Å². The average molecular weight is 312 g/mol. The number of methoxy groups -OCH3 is 1. The first-order valence-corrected chi connectivity index (χ1v) is 8.27. The van der Waals surface area contributed by atoms with Gasteiger partial charge in [0.05, 0.1) is 13.2 Å². The molecule has 2 aromatic rings. The molecule has 0 saturated carbocycles. The van der Waals surface area contributed by atoms with E-state index in [9.17, 15) is 0 Å². The third-order valence-corrected chi connectivity index (χ3v) is 4.31. The molecule has 1 aliphatic heterocycles. The molecule has 5 nitrogen and oxygen atoms in total. The van der Waals surface area contributed by atoms with Gasteiger partial charge in [0.1, 0.15) is 0 Å².